The molecule has 1 unspecified atom stereocenters. The van der Waals surface area contributed by atoms with Crippen LogP contribution in [0.25, 0.3) is 0 Å². The van der Waals surface area contributed by atoms with Gasteiger partial charge in [-0.15, -0.1) is 0 Å². The molecule has 1 aliphatic carbocycles. The van der Waals surface area contributed by atoms with Gasteiger partial charge in [0, 0.05) is 19.6 Å². The van der Waals surface area contributed by atoms with E-state index >= 15 is 0 Å². The molecule has 6 nitrogen and oxygen atoms in total. The van der Waals surface area contributed by atoms with E-state index in [1.165, 1.54) is 32.1 Å². The van der Waals surface area contributed by atoms with Crippen molar-refractivity contribution in [3.05, 3.63) is 30.3 Å². The largest absolute Gasteiger partial charge is 0.490 e. The van der Waals surface area contributed by atoms with Gasteiger partial charge in [0.2, 0.25) is 5.91 Å². The Labute approximate surface area is 161 Å². The highest BCUT2D eigenvalue weighted by molar-refractivity contribution is 5.78. The number of β-amino-alcohol motifs (C(OH)–C–C–N with tert-alkyl or cyclic N) is 1. The molecule has 1 atom stereocenters. The molecule has 2 N–H and O–H groups in total. The van der Waals surface area contributed by atoms with Crippen molar-refractivity contribution < 1.29 is 19.4 Å². The molecule has 150 valence electrons. The monoisotopic (exact) mass is 376 g/mol. The van der Waals surface area contributed by atoms with Gasteiger partial charge in [0.15, 0.2) is 0 Å². The fraction of sp³-hybridized carbons (Fsp3) is 0.667. The van der Waals surface area contributed by atoms with E-state index in [9.17, 15) is 9.90 Å². The van der Waals surface area contributed by atoms with Crippen molar-refractivity contribution in [3.63, 3.8) is 0 Å². The molecule has 1 heterocycles. The van der Waals surface area contributed by atoms with Crippen LogP contribution < -0.4 is 10.1 Å². The van der Waals surface area contributed by atoms with Crippen molar-refractivity contribution >= 4 is 5.91 Å². The fourth-order valence-electron chi connectivity index (χ4n) is 3.86. The minimum Gasteiger partial charge on any atom is -0.490 e. The van der Waals surface area contributed by atoms with E-state index in [1.54, 1.807) is 0 Å². The maximum absolute atomic E-state index is 12.4. The van der Waals surface area contributed by atoms with Crippen LogP contribution in [-0.2, 0) is 9.53 Å². The van der Waals surface area contributed by atoms with E-state index < -0.39 is 5.60 Å². The molecule has 1 aliphatic heterocycles. The summed E-state index contributed by atoms with van der Waals surface area (Å²) in [5, 5.41) is 14.0. The second-order valence-corrected chi connectivity index (χ2v) is 7.90. The first-order valence-corrected chi connectivity index (χ1v) is 10.1. The third kappa shape index (κ3) is 6.79. The first kappa shape index (κ1) is 20.1. The number of aliphatic hydroxyl groups is 1. The number of nitrogens with one attached hydrogen (secondary N) is 1. The number of carbonyl (C=O) groups excluding carboxylic acids is 1. The molecule has 2 fully saturated rings. The molecule has 6 heteroatoms. The number of para-hydroxylation sites is 1. The number of nitrogens with zero attached hydrogens (tertiary/aromatic N) is 1. The highest BCUT2D eigenvalue weighted by Crippen LogP contribution is 2.22. The minimum absolute atomic E-state index is 0.0220. The number of ether oxygens (including phenoxy) is 2. The zero-order valence-corrected chi connectivity index (χ0v) is 16.1. The first-order chi connectivity index (χ1) is 13.1. The average Bonchev–Trinajstić information content (AvgIpc) is 2.88. The molecule has 1 amide bonds. The zero-order valence-electron chi connectivity index (χ0n) is 16.1. The highest BCUT2D eigenvalue weighted by atomic mass is 16.5. The Balaban J connectivity index is 1.45. The van der Waals surface area contributed by atoms with Crippen molar-refractivity contribution in [2.24, 2.45) is 5.92 Å². The summed E-state index contributed by atoms with van der Waals surface area (Å²) in [5.74, 6) is 1.35. The summed E-state index contributed by atoms with van der Waals surface area (Å²) in [5.41, 5.74) is -1.13. The number of carbonyl (C=O) groups is 1. The lowest BCUT2D eigenvalue weighted by Gasteiger charge is -2.30. The van der Waals surface area contributed by atoms with Gasteiger partial charge in [-0.2, -0.15) is 0 Å². The van der Waals surface area contributed by atoms with E-state index in [0.717, 1.165) is 6.54 Å². The molecule has 1 aromatic rings. The van der Waals surface area contributed by atoms with Crippen LogP contribution in [-0.4, -0.2) is 67.5 Å². The van der Waals surface area contributed by atoms with Gasteiger partial charge in [-0.1, -0.05) is 37.5 Å². The lowest BCUT2D eigenvalue weighted by molar-refractivity contribution is -0.123. The summed E-state index contributed by atoms with van der Waals surface area (Å²) >= 11 is 0. The van der Waals surface area contributed by atoms with Crippen molar-refractivity contribution in [1.29, 1.82) is 0 Å². The van der Waals surface area contributed by atoms with Crippen LogP contribution in [0.2, 0.25) is 0 Å². The minimum atomic E-state index is -1.13. The molecule has 0 radical (unpaired) electrons. The molecule has 1 saturated carbocycles. The van der Waals surface area contributed by atoms with Gasteiger partial charge in [-0.3, -0.25) is 9.69 Å². The fourth-order valence-corrected chi connectivity index (χ4v) is 3.86. The molecule has 0 bridgehead atoms. The number of benzene rings is 1. The van der Waals surface area contributed by atoms with E-state index in [2.05, 4.69) is 5.32 Å². The van der Waals surface area contributed by atoms with Crippen LogP contribution in [0.1, 0.15) is 32.1 Å². The van der Waals surface area contributed by atoms with Crippen LogP contribution >= 0.6 is 0 Å². The summed E-state index contributed by atoms with van der Waals surface area (Å²) in [7, 11) is 0. The smallest absolute Gasteiger partial charge is 0.234 e. The molecule has 0 spiro atoms. The van der Waals surface area contributed by atoms with Crippen molar-refractivity contribution in [3.8, 4) is 5.75 Å². The average molecular weight is 376 g/mol. The highest BCUT2D eigenvalue weighted by Gasteiger charge is 2.34. The number of hydrogen-bond acceptors (Lipinski definition) is 5. The lowest BCUT2D eigenvalue weighted by Crippen LogP contribution is -2.51. The molecule has 1 saturated heterocycles. The Hall–Kier alpha value is -1.63. The van der Waals surface area contributed by atoms with Crippen molar-refractivity contribution in [2.45, 2.75) is 37.7 Å². The molecule has 1 aromatic carbocycles. The molecular formula is C21H32N2O4. The van der Waals surface area contributed by atoms with E-state index in [1.807, 2.05) is 35.2 Å². The third-order valence-corrected chi connectivity index (χ3v) is 5.37. The summed E-state index contributed by atoms with van der Waals surface area (Å²) in [4.78, 5) is 14.3. The van der Waals surface area contributed by atoms with Gasteiger partial charge in [0.05, 0.1) is 19.8 Å². The maximum atomic E-state index is 12.4. The summed E-state index contributed by atoms with van der Waals surface area (Å²) < 4.78 is 11.3. The SMILES string of the molecule is O=C(CN1CCOCC(O)(COc2ccccc2)C1)NCC1CCCCC1. The Bertz CT molecular complexity index is 577. The van der Waals surface area contributed by atoms with Gasteiger partial charge in [0.1, 0.15) is 18.0 Å². The summed E-state index contributed by atoms with van der Waals surface area (Å²) in [6.45, 7) is 2.89. The molecular weight excluding hydrogens is 344 g/mol. The number of amides is 1. The van der Waals surface area contributed by atoms with Gasteiger partial charge >= 0.3 is 0 Å². The summed E-state index contributed by atoms with van der Waals surface area (Å²) in [6.07, 6.45) is 6.31. The Morgan fingerprint density at radius 3 is 2.81 bits per heavy atom. The normalized spacial score (nSPS) is 24.9. The van der Waals surface area contributed by atoms with E-state index in [-0.39, 0.29) is 25.7 Å². The standard InChI is InChI=1S/C21H32N2O4/c24-20(22-13-18-7-3-1-4-8-18)14-23-11-12-26-16-21(25,15-23)17-27-19-9-5-2-6-10-19/h2,5-6,9-10,18,25H,1,3-4,7-8,11-17H2,(H,22,24). The van der Waals surface area contributed by atoms with Crippen molar-refractivity contribution in [2.75, 3.05) is 46.0 Å². The Morgan fingerprint density at radius 1 is 1.26 bits per heavy atom. The second-order valence-electron chi connectivity index (χ2n) is 7.90. The summed E-state index contributed by atoms with van der Waals surface area (Å²) in [6, 6.07) is 9.43. The predicted molar refractivity (Wildman–Crippen MR) is 104 cm³/mol. The quantitative estimate of drug-likeness (QED) is 0.760. The van der Waals surface area contributed by atoms with E-state index in [4.69, 9.17) is 9.47 Å². The van der Waals surface area contributed by atoms with E-state index in [0.29, 0.717) is 31.4 Å². The van der Waals surface area contributed by atoms with Gasteiger partial charge in [0.25, 0.3) is 0 Å². The Kier molecular flexibility index (Phi) is 7.50. The molecule has 0 aromatic heterocycles. The third-order valence-electron chi connectivity index (χ3n) is 5.37. The van der Waals surface area contributed by atoms with Gasteiger partial charge < -0.3 is 19.9 Å². The predicted octanol–water partition coefficient (Wildman–Crippen LogP) is 1.83. The van der Waals surface area contributed by atoms with Crippen LogP contribution in [0.4, 0.5) is 0 Å². The molecule has 3 rings (SSSR count). The molecule has 2 aliphatic rings. The second kappa shape index (κ2) is 10.1. The first-order valence-electron chi connectivity index (χ1n) is 10.1. The number of rotatable bonds is 7. The lowest BCUT2D eigenvalue weighted by atomic mass is 9.89. The Morgan fingerprint density at radius 2 is 2.04 bits per heavy atom. The number of hydrogen-bond donors (Lipinski definition) is 2. The van der Waals surface area contributed by atoms with Crippen LogP contribution in [0.15, 0.2) is 30.3 Å². The van der Waals surface area contributed by atoms with Gasteiger partial charge in [-0.25, -0.2) is 0 Å². The molecule has 27 heavy (non-hydrogen) atoms. The van der Waals surface area contributed by atoms with Crippen LogP contribution in [0.5, 0.6) is 5.75 Å². The van der Waals surface area contributed by atoms with Crippen LogP contribution in [0, 0.1) is 5.92 Å². The topological polar surface area (TPSA) is 71.0 Å². The van der Waals surface area contributed by atoms with Crippen molar-refractivity contribution in [1.82, 2.24) is 10.2 Å². The van der Waals surface area contributed by atoms with Crippen LogP contribution in [0.3, 0.4) is 0 Å². The maximum Gasteiger partial charge on any atom is 0.234 e. The van der Waals surface area contributed by atoms with Gasteiger partial charge in [-0.05, 0) is 30.9 Å². The zero-order chi connectivity index (χ0) is 19.0.